The van der Waals surface area contributed by atoms with Gasteiger partial charge in [0.15, 0.2) is 11.6 Å². The highest BCUT2D eigenvalue weighted by molar-refractivity contribution is 6.30. The molecule has 2 saturated heterocycles. The quantitative estimate of drug-likeness (QED) is 0.687. The fraction of sp³-hybridized carbons (Fsp3) is 0.364. The number of hydrogen-bond donors (Lipinski definition) is 0. The van der Waals surface area contributed by atoms with Crippen LogP contribution >= 0.6 is 11.6 Å². The SMILES string of the molecule is Cc1cc(-c2ccc(Cl)cc2F)cc(C)c1C1C(=O)[C@@H]2CC[C@@](C)(O2)C1=O. The number of Topliss-reactive ketones (excluding diaryl/α,β-unsaturated/α-hetero) is 2. The molecular weight excluding hydrogens is 367 g/mol. The number of benzene rings is 2. The highest BCUT2D eigenvalue weighted by Gasteiger charge is 2.56. The second-order valence-electron chi connectivity index (χ2n) is 7.72. The van der Waals surface area contributed by atoms with Gasteiger partial charge in [-0.3, -0.25) is 9.59 Å². The van der Waals surface area contributed by atoms with Crippen molar-refractivity contribution in [3.63, 3.8) is 0 Å². The molecule has 4 rings (SSSR count). The second kappa shape index (κ2) is 6.25. The zero-order chi connectivity index (χ0) is 19.5. The molecule has 2 aromatic carbocycles. The van der Waals surface area contributed by atoms with Crippen LogP contribution in [-0.2, 0) is 14.3 Å². The first-order valence-electron chi connectivity index (χ1n) is 9.04. The summed E-state index contributed by atoms with van der Waals surface area (Å²) in [5, 5.41) is 0.337. The lowest BCUT2D eigenvalue weighted by Crippen LogP contribution is -2.49. The van der Waals surface area contributed by atoms with Gasteiger partial charge < -0.3 is 4.74 Å². The first kappa shape index (κ1) is 18.3. The van der Waals surface area contributed by atoms with E-state index in [-0.39, 0.29) is 11.6 Å². The predicted molar refractivity (Wildman–Crippen MR) is 102 cm³/mol. The van der Waals surface area contributed by atoms with Gasteiger partial charge in [-0.1, -0.05) is 23.7 Å². The summed E-state index contributed by atoms with van der Waals surface area (Å²) in [4.78, 5) is 25.9. The Morgan fingerprint density at radius 3 is 2.44 bits per heavy atom. The second-order valence-corrected chi connectivity index (χ2v) is 8.16. The average Bonchev–Trinajstić information content (AvgIpc) is 2.96. The molecule has 2 aliphatic rings. The molecule has 0 spiro atoms. The summed E-state index contributed by atoms with van der Waals surface area (Å²) < 4.78 is 20.0. The van der Waals surface area contributed by atoms with Gasteiger partial charge in [-0.25, -0.2) is 4.39 Å². The minimum absolute atomic E-state index is 0.161. The molecule has 3 atom stereocenters. The Labute approximate surface area is 162 Å². The third-order valence-corrected chi connectivity index (χ3v) is 6.03. The van der Waals surface area contributed by atoms with E-state index in [9.17, 15) is 14.0 Å². The van der Waals surface area contributed by atoms with E-state index < -0.39 is 23.4 Å². The van der Waals surface area contributed by atoms with Crippen LogP contribution in [0.5, 0.6) is 0 Å². The number of carbonyl (C=O) groups is 2. The molecule has 2 fully saturated rings. The lowest BCUT2D eigenvalue weighted by molar-refractivity contribution is -0.160. The smallest absolute Gasteiger partial charge is 0.179 e. The Balaban J connectivity index is 1.81. The van der Waals surface area contributed by atoms with E-state index in [1.807, 2.05) is 26.0 Å². The van der Waals surface area contributed by atoms with Crippen LogP contribution in [0.4, 0.5) is 4.39 Å². The van der Waals surface area contributed by atoms with Crippen molar-refractivity contribution in [1.29, 1.82) is 0 Å². The molecule has 27 heavy (non-hydrogen) atoms. The topological polar surface area (TPSA) is 43.4 Å². The fourth-order valence-electron chi connectivity index (χ4n) is 4.42. The van der Waals surface area contributed by atoms with Crippen LogP contribution in [0, 0.1) is 19.7 Å². The number of hydrogen-bond acceptors (Lipinski definition) is 3. The van der Waals surface area contributed by atoms with Crippen molar-refractivity contribution in [2.45, 2.75) is 51.2 Å². The summed E-state index contributed by atoms with van der Waals surface area (Å²) in [5.74, 6) is -1.54. The maximum Gasteiger partial charge on any atom is 0.179 e. The van der Waals surface area contributed by atoms with Gasteiger partial charge in [-0.15, -0.1) is 0 Å². The van der Waals surface area contributed by atoms with Gasteiger partial charge in [0.25, 0.3) is 0 Å². The summed E-state index contributed by atoms with van der Waals surface area (Å²) in [6, 6.07) is 8.21. The third-order valence-electron chi connectivity index (χ3n) is 5.80. The molecule has 5 heteroatoms. The minimum atomic E-state index is -0.886. The molecule has 2 heterocycles. The number of aryl methyl sites for hydroxylation is 2. The van der Waals surface area contributed by atoms with E-state index in [1.54, 1.807) is 19.1 Å². The summed E-state index contributed by atoms with van der Waals surface area (Å²) in [6.45, 7) is 5.50. The highest BCUT2D eigenvalue weighted by atomic mass is 35.5. The summed E-state index contributed by atoms with van der Waals surface area (Å²) >= 11 is 5.85. The molecule has 1 unspecified atom stereocenters. The highest BCUT2D eigenvalue weighted by Crippen LogP contribution is 2.45. The Bertz CT molecular complexity index is 961. The molecule has 2 aromatic rings. The van der Waals surface area contributed by atoms with Gasteiger partial charge in [0, 0.05) is 10.6 Å². The zero-order valence-corrected chi connectivity index (χ0v) is 16.2. The molecule has 0 aromatic heterocycles. The Hall–Kier alpha value is -2.04. The Morgan fingerprint density at radius 2 is 1.81 bits per heavy atom. The Morgan fingerprint density at radius 1 is 1.15 bits per heavy atom. The zero-order valence-electron chi connectivity index (χ0n) is 15.4. The van der Waals surface area contributed by atoms with E-state index >= 15 is 0 Å². The van der Waals surface area contributed by atoms with Gasteiger partial charge in [0.1, 0.15) is 23.4 Å². The molecule has 140 valence electrons. The summed E-state index contributed by atoms with van der Waals surface area (Å²) in [5.41, 5.74) is 2.58. The van der Waals surface area contributed by atoms with E-state index in [0.29, 0.717) is 29.0 Å². The van der Waals surface area contributed by atoms with Crippen molar-refractivity contribution >= 4 is 23.2 Å². The predicted octanol–water partition coefficient (Wildman–Crippen LogP) is 4.94. The molecule has 0 N–H and O–H groups in total. The van der Waals surface area contributed by atoms with E-state index in [0.717, 1.165) is 16.7 Å². The molecule has 0 radical (unpaired) electrons. The third kappa shape index (κ3) is 2.82. The van der Waals surface area contributed by atoms with Crippen molar-refractivity contribution in [3.05, 3.63) is 57.9 Å². The molecule has 0 aliphatic carbocycles. The molecule has 0 saturated carbocycles. The van der Waals surface area contributed by atoms with Gasteiger partial charge in [0.2, 0.25) is 0 Å². The molecule has 0 amide bonds. The van der Waals surface area contributed by atoms with Crippen molar-refractivity contribution < 1.29 is 18.7 Å². The maximum absolute atomic E-state index is 14.3. The summed E-state index contributed by atoms with van der Waals surface area (Å²) in [7, 11) is 0. The maximum atomic E-state index is 14.3. The van der Waals surface area contributed by atoms with E-state index in [4.69, 9.17) is 16.3 Å². The molecule has 2 bridgehead atoms. The van der Waals surface area contributed by atoms with Crippen LogP contribution in [0.1, 0.15) is 42.4 Å². The number of rotatable bonds is 2. The normalized spacial score (nSPS) is 27.3. The molecule has 3 nitrogen and oxygen atoms in total. The van der Waals surface area contributed by atoms with E-state index in [1.165, 1.54) is 6.07 Å². The monoisotopic (exact) mass is 386 g/mol. The number of fused-ring (bicyclic) bond motifs is 2. The van der Waals surface area contributed by atoms with Gasteiger partial charge >= 0.3 is 0 Å². The van der Waals surface area contributed by atoms with Gasteiger partial charge in [-0.2, -0.15) is 0 Å². The first-order valence-corrected chi connectivity index (χ1v) is 9.41. The van der Waals surface area contributed by atoms with Crippen LogP contribution in [0.25, 0.3) is 11.1 Å². The number of ether oxygens (including phenoxy) is 1. The molecular formula is C22H20ClFO3. The van der Waals surface area contributed by atoms with Gasteiger partial charge in [-0.05, 0) is 74.1 Å². The van der Waals surface area contributed by atoms with Crippen molar-refractivity contribution in [2.24, 2.45) is 0 Å². The lowest BCUT2D eigenvalue weighted by Gasteiger charge is -2.34. The Kier molecular flexibility index (Phi) is 4.24. The summed E-state index contributed by atoms with van der Waals surface area (Å²) in [6.07, 6.45) is 0.652. The van der Waals surface area contributed by atoms with E-state index in [2.05, 4.69) is 0 Å². The van der Waals surface area contributed by atoms with Crippen molar-refractivity contribution in [1.82, 2.24) is 0 Å². The standard InChI is InChI=1S/C22H20ClFO3/c1-11-8-13(15-5-4-14(23)10-16(15)24)9-12(2)18(11)19-20(25)17-6-7-22(3,27-17)21(19)26/h4-5,8-10,17,19H,6-7H2,1-3H3/t17-,19?,22+/m0/s1. The van der Waals surface area contributed by atoms with Crippen LogP contribution in [0.2, 0.25) is 5.02 Å². The lowest BCUT2D eigenvalue weighted by atomic mass is 9.77. The first-order chi connectivity index (χ1) is 12.7. The number of carbonyl (C=O) groups excluding carboxylic acids is 2. The molecule has 2 aliphatic heterocycles. The number of ketones is 2. The average molecular weight is 387 g/mol. The van der Waals surface area contributed by atoms with Crippen LogP contribution in [0.3, 0.4) is 0 Å². The van der Waals surface area contributed by atoms with Crippen molar-refractivity contribution in [3.8, 4) is 11.1 Å². The number of halogens is 2. The minimum Gasteiger partial charge on any atom is -0.356 e. The van der Waals surface area contributed by atoms with Crippen molar-refractivity contribution in [2.75, 3.05) is 0 Å². The largest absolute Gasteiger partial charge is 0.356 e. The van der Waals surface area contributed by atoms with Crippen LogP contribution in [-0.4, -0.2) is 23.3 Å². The van der Waals surface area contributed by atoms with Crippen LogP contribution in [0.15, 0.2) is 30.3 Å². The van der Waals surface area contributed by atoms with Crippen LogP contribution < -0.4 is 0 Å². The fourth-order valence-corrected chi connectivity index (χ4v) is 4.58. The van der Waals surface area contributed by atoms with Gasteiger partial charge in [0.05, 0.1) is 0 Å².